The second-order valence-electron chi connectivity index (χ2n) is 4.04. The van der Waals surface area contributed by atoms with Crippen LogP contribution in [-0.4, -0.2) is 42.8 Å². The number of phenols is 1. The number of benzene rings is 1. The summed E-state index contributed by atoms with van der Waals surface area (Å²) in [5.74, 6) is 0.290. The maximum Gasteiger partial charge on any atom is 0.115 e. The molecule has 1 unspecified atom stereocenters. The highest BCUT2D eigenvalue weighted by Crippen LogP contribution is 2.23. The zero-order valence-electron chi connectivity index (χ0n) is 9.30. The minimum atomic E-state index is 0.0981. The molecule has 0 amide bonds. The zero-order chi connectivity index (χ0) is 11.4. The van der Waals surface area contributed by atoms with E-state index in [9.17, 15) is 5.11 Å². The minimum absolute atomic E-state index is 0.0981. The number of ether oxygens (including phenoxy) is 1. The molecule has 2 rings (SSSR count). The molecule has 1 aliphatic heterocycles. The lowest BCUT2D eigenvalue weighted by atomic mass is 10.1. The molecule has 4 heteroatoms. The Labute approximate surface area is 95.6 Å². The van der Waals surface area contributed by atoms with Gasteiger partial charge in [0.2, 0.25) is 0 Å². The van der Waals surface area contributed by atoms with Crippen LogP contribution in [0.1, 0.15) is 11.7 Å². The van der Waals surface area contributed by atoms with Crippen molar-refractivity contribution >= 4 is 0 Å². The lowest BCUT2D eigenvalue weighted by molar-refractivity contribution is -0.0288. The van der Waals surface area contributed by atoms with Gasteiger partial charge in [-0.05, 0) is 17.7 Å². The van der Waals surface area contributed by atoms with Crippen LogP contribution in [-0.2, 0) is 4.74 Å². The Hall–Kier alpha value is -1.10. The Kier molecular flexibility index (Phi) is 3.77. The number of hydrogen-bond donors (Lipinski definition) is 2. The van der Waals surface area contributed by atoms with Crippen LogP contribution in [0.3, 0.4) is 0 Å². The molecule has 4 nitrogen and oxygen atoms in total. The SMILES string of the molecule is NCCN1CCOC(c2ccc(O)cc2)C1. The fourth-order valence-electron chi connectivity index (χ4n) is 1.98. The van der Waals surface area contributed by atoms with E-state index in [4.69, 9.17) is 10.5 Å². The molecule has 0 spiro atoms. The van der Waals surface area contributed by atoms with Crippen molar-refractivity contribution < 1.29 is 9.84 Å². The zero-order valence-corrected chi connectivity index (χ0v) is 9.30. The summed E-state index contributed by atoms with van der Waals surface area (Å²) in [7, 11) is 0. The lowest BCUT2D eigenvalue weighted by Crippen LogP contribution is -2.40. The topological polar surface area (TPSA) is 58.7 Å². The van der Waals surface area contributed by atoms with Gasteiger partial charge >= 0.3 is 0 Å². The summed E-state index contributed by atoms with van der Waals surface area (Å²) in [5, 5.41) is 9.22. The molecule has 1 saturated heterocycles. The Morgan fingerprint density at radius 2 is 2.12 bits per heavy atom. The Morgan fingerprint density at radius 3 is 2.81 bits per heavy atom. The van der Waals surface area contributed by atoms with Gasteiger partial charge in [0.15, 0.2) is 0 Å². The lowest BCUT2D eigenvalue weighted by Gasteiger charge is -2.32. The first-order chi connectivity index (χ1) is 7.79. The summed E-state index contributed by atoms with van der Waals surface area (Å²) in [6, 6.07) is 7.21. The third kappa shape index (κ3) is 2.72. The van der Waals surface area contributed by atoms with Crippen LogP contribution in [0.4, 0.5) is 0 Å². The molecule has 1 fully saturated rings. The summed E-state index contributed by atoms with van der Waals surface area (Å²) in [5.41, 5.74) is 6.66. The van der Waals surface area contributed by atoms with Crippen LogP contribution in [0.5, 0.6) is 5.75 Å². The van der Waals surface area contributed by atoms with Gasteiger partial charge in [0.05, 0.1) is 12.7 Å². The van der Waals surface area contributed by atoms with Crippen LogP contribution in [0.2, 0.25) is 0 Å². The van der Waals surface area contributed by atoms with Crippen molar-refractivity contribution in [2.24, 2.45) is 5.73 Å². The van der Waals surface area contributed by atoms with E-state index in [0.717, 1.165) is 31.8 Å². The van der Waals surface area contributed by atoms with Gasteiger partial charge in [0.25, 0.3) is 0 Å². The van der Waals surface area contributed by atoms with E-state index in [1.54, 1.807) is 12.1 Å². The molecule has 1 aromatic rings. The third-order valence-corrected chi connectivity index (χ3v) is 2.86. The van der Waals surface area contributed by atoms with E-state index < -0.39 is 0 Å². The number of morpholine rings is 1. The normalized spacial score (nSPS) is 22.2. The molecule has 1 heterocycles. The van der Waals surface area contributed by atoms with Gasteiger partial charge in [-0.1, -0.05) is 12.1 Å². The highest BCUT2D eigenvalue weighted by Gasteiger charge is 2.21. The maximum atomic E-state index is 9.22. The maximum absolute atomic E-state index is 9.22. The van der Waals surface area contributed by atoms with Crippen LogP contribution in [0.25, 0.3) is 0 Å². The van der Waals surface area contributed by atoms with Crippen LogP contribution < -0.4 is 5.73 Å². The molecule has 1 atom stereocenters. The summed E-state index contributed by atoms with van der Waals surface area (Å²) >= 11 is 0. The standard InChI is InChI=1S/C12H18N2O2/c13-5-6-14-7-8-16-12(9-14)10-1-3-11(15)4-2-10/h1-4,12,15H,5-9,13H2. The third-order valence-electron chi connectivity index (χ3n) is 2.86. The molecule has 1 aromatic carbocycles. The van der Waals surface area contributed by atoms with Crippen molar-refractivity contribution in [1.82, 2.24) is 4.90 Å². The average Bonchev–Trinajstić information content (AvgIpc) is 2.31. The van der Waals surface area contributed by atoms with Gasteiger partial charge in [-0.25, -0.2) is 0 Å². The van der Waals surface area contributed by atoms with Crippen LogP contribution in [0.15, 0.2) is 24.3 Å². The number of nitrogens with two attached hydrogens (primary N) is 1. The second kappa shape index (κ2) is 5.30. The number of nitrogens with zero attached hydrogens (tertiary/aromatic N) is 1. The monoisotopic (exact) mass is 222 g/mol. The molecule has 3 N–H and O–H groups in total. The van der Waals surface area contributed by atoms with Crippen molar-refractivity contribution in [2.45, 2.75) is 6.10 Å². The first kappa shape index (κ1) is 11.4. The highest BCUT2D eigenvalue weighted by molar-refractivity contribution is 5.27. The summed E-state index contributed by atoms with van der Waals surface area (Å²) in [6.07, 6.45) is 0.0981. The molecule has 0 bridgehead atoms. The summed E-state index contributed by atoms with van der Waals surface area (Å²) in [4.78, 5) is 2.31. The largest absolute Gasteiger partial charge is 0.508 e. The first-order valence-corrected chi connectivity index (χ1v) is 5.62. The number of phenolic OH excluding ortho intramolecular Hbond substituents is 1. The molecule has 16 heavy (non-hydrogen) atoms. The Balaban J connectivity index is 2.01. The fraction of sp³-hybridized carbons (Fsp3) is 0.500. The van der Waals surface area contributed by atoms with Crippen LogP contribution >= 0.6 is 0 Å². The second-order valence-corrected chi connectivity index (χ2v) is 4.04. The van der Waals surface area contributed by atoms with E-state index >= 15 is 0 Å². The summed E-state index contributed by atoms with van der Waals surface area (Å²) < 4.78 is 5.72. The van der Waals surface area contributed by atoms with Crippen molar-refractivity contribution in [2.75, 3.05) is 32.8 Å². The van der Waals surface area contributed by atoms with Crippen molar-refractivity contribution in [3.8, 4) is 5.75 Å². The molecule has 88 valence electrons. The van der Waals surface area contributed by atoms with E-state index in [1.165, 1.54) is 0 Å². The fourth-order valence-corrected chi connectivity index (χ4v) is 1.98. The molecule has 0 aliphatic carbocycles. The average molecular weight is 222 g/mol. The van der Waals surface area contributed by atoms with E-state index in [0.29, 0.717) is 12.3 Å². The first-order valence-electron chi connectivity index (χ1n) is 5.62. The molecule has 1 aliphatic rings. The van der Waals surface area contributed by atoms with Crippen molar-refractivity contribution in [3.63, 3.8) is 0 Å². The Morgan fingerprint density at radius 1 is 1.38 bits per heavy atom. The number of hydrogen-bond acceptors (Lipinski definition) is 4. The van der Waals surface area contributed by atoms with Crippen molar-refractivity contribution in [1.29, 1.82) is 0 Å². The van der Waals surface area contributed by atoms with Gasteiger partial charge in [0.1, 0.15) is 5.75 Å². The summed E-state index contributed by atoms with van der Waals surface area (Å²) in [6.45, 7) is 4.17. The number of rotatable bonds is 3. The van der Waals surface area contributed by atoms with Gasteiger partial charge in [0, 0.05) is 26.2 Å². The molecular formula is C12H18N2O2. The van der Waals surface area contributed by atoms with E-state index in [-0.39, 0.29) is 6.10 Å². The highest BCUT2D eigenvalue weighted by atomic mass is 16.5. The van der Waals surface area contributed by atoms with Gasteiger partial charge in [-0.2, -0.15) is 0 Å². The van der Waals surface area contributed by atoms with E-state index in [1.807, 2.05) is 12.1 Å². The van der Waals surface area contributed by atoms with Crippen molar-refractivity contribution in [3.05, 3.63) is 29.8 Å². The smallest absolute Gasteiger partial charge is 0.115 e. The minimum Gasteiger partial charge on any atom is -0.508 e. The van der Waals surface area contributed by atoms with E-state index in [2.05, 4.69) is 4.90 Å². The quantitative estimate of drug-likeness (QED) is 0.791. The molecule has 0 radical (unpaired) electrons. The van der Waals surface area contributed by atoms with Gasteiger partial charge < -0.3 is 15.6 Å². The molecule has 0 saturated carbocycles. The van der Waals surface area contributed by atoms with Gasteiger partial charge in [-0.15, -0.1) is 0 Å². The Bertz CT molecular complexity index is 324. The van der Waals surface area contributed by atoms with Crippen LogP contribution in [0, 0.1) is 0 Å². The predicted octanol–water partition coefficient (Wildman–Crippen LogP) is 0.724. The molecular weight excluding hydrogens is 204 g/mol. The van der Waals surface area contributed by atoms with Gasteiger partial charge in [-0.3, -0.25) is 4.90 Å². The molecule has 0 aromatic heterocycles. The predicted molar refractivity (Wildman–Crippen MR) is 62.3 cm³/mol. The number of aromatic hydroxyl groups is 1.